The van der Waals surface area contributed by atoms with Crippen LogP contribution in [0.15, 0.2) is 24.3 Å². The molecule has 1 aromatic rings. The zero-order valence-corrected chi connectivity index (χ0v) is 17.7. The normalized spacial score (nSPS) is 24.6. The van der Waals surface area contributed by atoms with Gasteiger partial charge in [-0.15, -0.1) is 0 Å². The van der Waals surface area contributed by atoms with E-state index in [0.29, 0.717) is 19.0 Å². The number of hydrogen-bond acceptors (Lipinski definition) is 3. The fraction of sp³-hybridized carbons (Fsp3) is 0.667. The number of rotatable bonds is 4. The van der Waals surface area contributed by atoms with Crippen molar-refractivity contribution in [3.05, 3.63) is 24.3 Å². The molecule has 0 spiro atoms. The summed E-state index contributed by atoms with van der Waals surface area (Å²) in [5.74, 6) is 0.709. The van der Waals surface area contributed by atoms with E-state index in [1.807, 2.05) is 12.1 Å². The highest BCUT2D eigenvalue weighted by molar-refractivity contribution is 6.00. The average Bonchev–Trinajstić information content (AvgIpc) is 2.94. The lowest BCUT2D eigenvalue weighted by Gasteiger charge is -2.32. The molecule has 1 aliphatic carbocycles. The van der Waals surface area contributed by atoms with Crippen molar-refractivity contribution >= 4 is 23.2 Å². The number of anilines is 2. The summed E-state index contributed by atoms with van der Waals surface area (Å²) in [6.07, 6.45) is 9.90. The lowest BCUT2D eigenvalue weighted by molar-refractivity contribution is -0.127. The Morgan fingerprint density at radius 3 is 2.21 bits per heavy atom. The third kappa shape index (κ3) is 4.93. The van der Waals surface area contributed by atoms with Gasteiger partial charge < -0.3 is 15.1 Å². The van der Waals surface area contributed by atoms with Crippen LogP contribution in [0.5, 0.6) is 0 Å². The number of carbonyl (C=O) groups is 2. The number of piperidine rings is 1. The fourth-order valence-corrected chi connectivity index (χ4v) is 4.99. The van der Waals surface area contributed by atoms with E-state index in [2.05, 4.69) is 29.3 Å². The molecule has 2 heterocycles. The Bertz CT molecular complexity index is 701. The molecule has 2 saturated heterocycles. The number of amides is 2. The molecule has 1 saturated carbocycles. The van der Waals surface area contributed by atoms with Crippen molar-refractivity contribution in [2.75, 3.05) is 29.4 Å². The molecule has 2 amide bonds. The maximum absolute atomic E-state index is 12.7. The summed E-state index contributed by atoms with van der Waals surface area (Å²) < 4.78 is 0. The average molecular weight is 398 g/mol. The molecular weight excluding hydrogens is 362 g/mol. The van der Waals surface area contributed by atoms with Gasteiger partial charge in [0.15, 0.2) is 0 Å². The van der Waals surface area contributed by atoms with Crippen LogP contribution < -0.4 is 15.1 Å². The quantitative estimate of drug-likeness (QED) is 0.778. The molecule has 1 atom stereocenters. The van der Waals surface area contributed by atoms with Crippen molar-refractivity contribution in [1.82, 2.24) is 5.32 Å². The highest BCUT2D eigenvalue weighted by atomic mass is 16.2. The topological polar surface area (TPSA) is 52.6 Å². The molecule has 5 nitrogen and oxygen atoms in total. The predicted molar refractivity (Wildman–Crippen MR) is 117 cm³/mol. The molecule has 3 aliphatic rings. The van der Waals surface area contributed by atoms with Crippen LogP contribution in [0.1, 0.15) is 64.7 Å². The summed E-state index contributed by atoms with van der Waals surface area (Å²) in [5.41, 5.74) is 2.14. The molecule has 1 N–H and O–H groups in total. The summed E-state index contributed by atoms with van der Waals surface area (Å²) in [6, 6.07) is 8.61. The van der Waals surface area contributed by atoms with Crippen LogP contribution in [0.3, 0.4) is 0 Å². The predicted octanol–water partition coefficient (Wildman–Crippen LogP) is 4.11. The van der Waals surface area contributed by atoms with Crippen molar-refractivity contribution in [1.29, 1.82) is 0 Å². The molecule has 5 heteroatoms. The van der Waals surface area contributed by atoms with Crippen molar-refractivity contribution < 1.29 is 9.59 Å². The Balaban J connectivity index is 1.34. The van der Waals surface area contributed by atoms with E-state index in [-0.39, 0.29) is 17.7 Å². The molecule has 29 heavy (non-hydrogen) atoms. The van der Waals surface area contributed by atoms with E-state index in [0.717, 1.165) is 37.5 Å². The monoisotopic (exact) mass is 397 g/mol. The highest BCUT2D eigenvalue weighted by Crippen LogP contribution is 2.29. The Kier molecular flexibility index (Phi) is 6.41. The first kappa shape index (κ1) is 20.2. The standard InChI is InChI=1S/C24H35N3O2/c1-18-12-14-26(15-13-18)21-8-10-22(11-9-21)27-17-19(16-23(27)28)24(29)25-20-6-4-2-3-5-7-20/h8-11,18-20H,2-7,12-17H2,1H3,(H,25,29). The van der Waals surface area contributed by atoms with Crippen molar-refractivity contribution in [3.63, 3.8) is 0 Å². The van der Waals surface area contributed by atoms with Crippen molar-refractivity contribution in [2.24, 2.45) is 11.8 Å². The minimum atomic E-state index is -0.228. The van der Waals surface area contributed by atoms with Crippen LogP contribution in [0.25, 0.3) is 0 Å². The van der Waals surface area contributed by atoms with Crippen LogP contribution in [0.4, 0.5) is 11.4 Å². The van der Waals surface area contributed by atoms with E-state index in [4.69, 9.17) is 0 Å². The Morgan fingerprint density at radius 2 is 1.55 bits per heavy atom. The van der Waals surface area contributed by atoms with E-state index in [9.17, 15) is 9.59 Å². The number of nitrogens with zero attached hydrogens (tertiary/aromatic N) is 2. The van der Waals surface area contributed by atoms with Gasteiger partial charge >= 0.3 is 0 Å². The second-order valence-electron chi connectivity index (χ2n) is 9.29. The van der Waals surface area contributed by atoms with Gasteiger partial charge in [0.05, 0.1) is 5.92 Å². The van der Waals surface area contributed by atoms with Crippen LogP contribution in [0, 0.1) is 11.8 Å². The van der Waals surface area contributed by atoms with E-state index < -0.39 is 0 Å². The van der Waals surface area contributed by atoms with Gasteiger partial charge in [-0.3, -0.25) is 9.59 Å². The Labute approximate surface area is 174 Å². The Morgan fingerprint density at radius 1 is 0.931 bits per heavy atom. The van der Waals surface area contributed by atoms with Crippen molar-refractivity contribution in [2.45, 2.75) is 70.8 Å². The highest BCUT2D eigenvalue weighted by Gasteiger charge is 2.35. The lowest BCUT2D eigenvalue weighted by atomic mass is 9.99. The first-order valence-corrected chi connectivity index (χ1v) is 11.6. The van der Waals surface area contributed by atoms with Crippen molar-refractivity contribution in [3.8, 4) is 0 Å². The Hall–Kier alpha value is -2.04. The largest absolute Gasteiger partial charge is 0.372 e. The third-order valence-corrected chi connectivity index (χ3v) is 7.01. The molecule has 2 aliphatic heterocycles. The van der Waals surface area contributed by atoms with Gasteiger partial charge in [-0.25, -0.2) is 0 Å². The molecule has 3 fully saturated rings. The lowest BCUT2D eigenvalue weighted by Crippen LogP contribution is -2.39. The second kappa shape index (κ2) is 9.19. The van der Waals surface area contributed by atoms with E-state index in [1.54, 1.807) is 4.90 Å². The fourth-order valence-electron chi connectivity index (χ4n) is 4.99. The summed E-state index contributed by atoms with van der Waals surface area (Å²) in [5, 5.41) is 3.22. The van der Waals surface area contributed by atoms with Gasteiger partial charge in [0.2, 0.25) is 11.8 Å². The van der Waals surface area contributed by atoms with Crippen LogP contribution in [-0.4, -0.2) is 37.5 Å². The minimum absolute atomic E-state index is 0.0607. The summed E-state index contributed by atoms with van der Waals surface area (Å²) in [4.78, 5) is 29.6. The van der Waals surface area contributed by atoms with E-state index >= 15 is 0 Å². The van der Waals surface area contributed by atoms with Crippen LogP contribution >= 0.6 is 0 Å². The van der Waals surface area contributed by atoms with Gasteiger partial charge in [0.25, 0.3) is 0 Å². The number of carbonyl (C=O) groups excluding carboxylic acids is 2. The first-order chi connectivity index (χ1) is 14.1. The smallest absolute Gasteiger partial charge is 0.227 e. The summed E-state index contributed by atoms with van der Waals surface area (Å²) in [6.45, 7) is 5.03. The SMILES string of the molecule is CC1CCN(c2ccc(N3CC(C(=O)NC4CCCCCC4)CC3=O)cc2)CC1. The van der Waals surface area contributed by atoms with Crippen LogP contribution in [-0.2, 0) is 9.59 Å². The molecule has 1 aromatic carbocycles. The maximum atomic E-state index is 12.7. The second-order valence-corrected chi connectivity index (χ2v) is 9.29. The molecule has 0 aromatic heterocycles. The minimum Gasteiger partial charge on any atom is -0.372 e. The van der Waals surface area contributed by atoms with Gasteiger partial charge in [-0.1, -0.05) is 32.6 Å². The number of nitrogens with one attached hydrogen (secondary N) is 1. The molecule has 0 radical (unpaired) electrons. The first-order valence-electron chi connectivity index (χ1n) is 11.6. The molecule has 1 unspecified atom stereocenters. The van der Waals surface area contributed by atoms with Gasteiger partial charge in [0.1, 0.15) is 0 Å². The number of hydrogen-bond donors (Lipinski definition) is 1. The molecule has 4 rings (SSSR count). The van der Waals surface area contributed by atoms with E-state index in [1.165, 1.54) is 44.2 Å². The summed E-state index contributed by atoms with van der Waals surface area (Å²) >= 11 is 0. The number of benzene rings is 1. The van der Waals surface area contributed by atoms with Gasteiger partial charge in [0, 0.05) is 43.5 Å². The molecular formula is C24H35N3O2. The zero-order valence-electron chi connectivity index (χ0n) is 17.7. The molecule has 158 valence electrons. The summed E-state index contributed by atoms with van der Waals surface area (Å²) in [7, 11) is 0. The van der Waals surface area contributed by atoms with Crippen LogP contribution in [0.2, 0.25) is 0 Å². The molecule has 0 bridgehead atoms. The van der Waals surface area contributed by atoms with Gasteiger partial charge in [-0.2, -0.15) is 0 Å². The zero-order chi connectivity index (χ0) is 20.2. The maximum Gasteiger partial charge on any atom is 0.227 e. The third-order valence-electron chi connectivity index (χ3n) is 7.01. The van der Waals surface area contributed by atoms with Gasteiger partial charge in [-0.05, 0) is 55.9 Å².